The summed E-state index contributed by atoms with van der Waals surface area (Å²) in [6.45, 7) is 9.13. The van der Waals surface area contributed by atoms with E-state index in [1.54, 1.807) is 0 Å². The van der Waals surface area contributed by atoms with Gasteiger partial charge in [-0.05, 0) is 37.8 Å². The van der Waals surface area contributed by atoms with Gasteiger partial charge in [-0.3, -0.25) is 4.79 Å². The molecule has 21 heavy (non-hydrogen) atoms. The van der Waals surface area contributed by atoms with Crippen molar-refractivity contribution in [3.63, 3.8) is 0 Å². The van der Waals surface area contributed by atoms with E-state index in [9.17, 15) is 4.79 Å². The Morgan fingerprint density at radius 3 is 2.62 bits per heavy atom. The number of halogens is 1. The van der Waals surface area contributed by atoms with Crippen LogP contribution < -0.4 is 15.8 Å². The molecule has 0 saturated heterocycles. The van der Waals surface area contributed by atoms with E-state index in [2.05, 4.69) is 19.2 Å². The number of rotatable bonds is 7. The van der Waals surface area contributed by atoms with Gasteiger partial charge >= 0.3 is 0 Å². The predicted molar refractivity (Wildman–Crippen MR) is 88.9 cm³/mol. The SMILES string of the molecule is CCOc1cc(C)ccc1CNC(=O)[C@@H](N)CC(C)C.Cl. The lowest BCUT2D eigenvalue weighted by Gasteiger charge is -2.16. The van der Waals surface area contributed by atoms with Crippen LogP contribution in [0.4, 0.5) is 0 Å². The van der Waals surface area contributed by atoms with Crippen LogP contribution >= 0.6 is 12.4 Å². The minimum atomic E-state index is -0.448. The van der Waals surface area contributed by atoms with Gasteiger partial charge in [-0.1, -0.05) is 26.0 Å². The highest BCUT2D eigenvalue weighted by atomic mass is 35.5. The molecule has 0 aliphatic rings. The summed E-state index contributed by atoms with van der Waals surface area (Å²) in [6.07, 6.45) is 0.693. The normalized spacial score (nSPS) is 11.7. The topological polar surface area (TPSA) is 64.3 Å². The first kappa shape index (κ1) is 19.7. The molecule has 1 aromatic rings. The van der Waals surface area contributed by atoms with Crippen molar-refractivity contribution in [2.75, 3.05) is 6.61 Å². The Kier molecular flexibility index (Phi) is 9.06. The number of nitrogens with one attached hydrogen (secondary N) is 1. The Labute approximate surface area is 133 Å². The lowest BCUT2D eigenvalue weighted by atomic mass is 10.0. The average molecular weight is 315 g/mol. The molecule has 0 heterocycles. The van der Waals surface area contributed by atoms with Gasteiger partial charge in [0.2, 0.25) is 5.91 Å². The first-order valence-electron chi connectivity index (χ1n) is 7.19. The molecule has 5 heteroatoms. The summed E-state index contributed by atoms with van der Waals surface area (Å²) in [5.41, 5.74) is 7.97. The van der Waals surface area contributed by atoms with Gasteiger partial charge in [0.15, 0.2) is 0 Å². The first-order valence-corrected chi connectivity index (χ1v) is 7.19. The van der Waals surface area contributed by atoms with Crippen LogP contribution in [-0.4, -0.2) is 18.6 Å². The maximum absolute atomic E-state index is 11.9. The molecule has 1 rings (SSSR count). The maximum atomic E-state index is 11.9. The van der Waals surface area contributed by atoms with Gasteiger partial charge in [0, 0.05) is 12.1 Å². The third kappa shape index (κ3) is 6.82. The Hall–Kier alpha value is -1.26. The summed E-state index contributed by atoms with van der Waals surface area (Å²) < 4.78 is 5.59. The molecular weight excluding hydrogens is 288 g/mol. The third-order valence-electron chi connectivity index (χ3n) is 3.04. The molecule has 0 radical (unpaired) electrons. The van der Waals surface area contributed by atoms with E-state index in [1.807, 2.05) is 32.0 Å². The van der Waals surface area contributed by atoms with Crippen molar-refractivity contribution in [1.29, 1.82) is 0 Å². The molecule has 0 unspecified atom stereocenters. The molecule has 0 spiro atoms. The number of nitrogens with two attached hydrogens (primary N) is 1. The molecule has 1 atom stereocenters. The predicted octanol–water partition coefficient (Wildman–Crippen LogP) is 2.81. The zero-order valence-electron chi connectivity index (χ0n) is 13.3. The van der Waals surface area contributed by atoms with Gasteiger partial charge in [-0.15, -0.1) is 12.4 Å². The molecule has 1 amide bonds. The largest absolute Gasteiger partial charge is 0.494 e. The van der Waals surface area contributed by atoms with Crippen molar-refractivity contribution in [1.82, 2.24) is 5.32 Å². The summed E-state index contributed by atoms with van der Waals surface area (Å²) in [4.78, 5) is 11.9. The zero-order valence-corrected chi connectivity index (χ0v) is 14.1. The van der Waals surface area contributed by atoms with Crippen LogP contribution in [0.1, 0.15) is 38.3 Å². The standard InChI is InChI=1S/C16H26N2O2.ClH/c1-5-20-15-9-12(4)6-7-13(15)10-18-16(19)14(17)8-11(2)3;/h6-7,9,11,14H,5,8,10,17H2,1-4H3,(H,18,19);1H/t14-;/m0./s1. The minimum absolute atomic E-state index is 0. The van der Waals surface area contributed by atoms with Crippen LogP contribution in [0.3, 0.4) is 0 Å². The second kappa shape index (κ2) is 9.64. The summed E-state index contributed by atoms with van der Waals surface area (Å²) in [6, 6.07) is 5.53. The van der Waals surface area contributed by atoms with E-state index in [-0.39, 0.29) is 18.3 Å². The molecule has 0 aliphatic carbocycles. The molecule has 0 aliphatic heterocycles. The van der Waals surface area contributed by atoms with Gasteiger partial charge < -0.3 is 15.8 Å². The molecule has 0 bridgehead atoms. The zero-order chi connectivity index (χ0) is 15.1. The second-order valence-corrected chi connectivity index (χ2v) is 5.50. The van der Waals surface area contributed by atoms with E-state index in [1.165, 1.54) is 0 Å². The fraction of sp³-hybridized carbons (Fsp3) is 0.562. The Morgan fingerprint density at radius 1 is 1.38 bits per heavy atom. The Balaban J connectivity index is 0.00000400. The smallest absolute Gasteiger partial charge is 0.237 e. The first-order chi connectivity index (χ1) is 9.43. The Bertz CT molecular complexity index is 450. The molecule has 0 fully saturated rings. The highest BCUT2D eigenvalue weighted by Crippen LogP contribution is 2.20. The van der Waals surface area contributed by atoms with Crippen LogP contribution in [0, 0.1) is 12.8 Å². The van der Waals surface area contributed by atoms with Gasteiger partial charge in [-0.25, -0.2) is 0 Å². The van der Waals surface area contributed by atoms with Crippen molar-refractivity contribution in [2.45, 2.75) is 46.7 Å². The van der Waals surface area contributed by atoms with E-state index >= 15 is 0 Å². The van der Waals surface area contributed by atoms with E-state index in [0.717, 1.165) is 16.9 Å². The number of hydrogen-bond acceptors (Lipinski definition) is 3. The number of ether oxygens (including phenoxy) is 1. The van der Waals surface area contributed by atoms with Crippen molar-refractivity contribution in [2.24, 2.45) is 11.7 Å². The highest BCUT2D eigenvalue weighted by Gasteiger charge is 2.15. The minimum Gasteiger partial charge on any atom is -0.494 e. The average Bonchev–Trinajstić information content (AvgIpc) is 2.37. The summed E-state index contributed by atoms with van der Waals surface area (Å²) in [7, 11) is 0. The van der Waals surface area contributed by atoms with Crippen LogP contribution in [0.25, 0.3) is 0 Å². The van der Waals surface area contributed by atoms with E-state index in [0.29, 0.717) is 25.5 Å². The van der Waals surface area contributed by atoms with Crippen molar-refractivity contribution >= 4 is 18.3 Å². The lowest BCUT2D eigenvalue weighted by Crippen LogP contribution is -2.41. The fourth-order valence-electron chi connectivity index (χ4n) is 2.03. The lowest BCUT2D eigenvalue weighted by molar-refractivity contribution is -0.122. The number of benzene rings is 1. The summed E-state index contributed by atoms with van der Waals surface area (Å²) in [5.74, 6) is 1.13. The Morgan fingerprint density at radius 2 is 2.05 bits per heavy atom. The van der Waals surface area contributed by atoms with Crippen molar-refractivity contribution in [3.05, 3.63) is 29.3 Å². The van der Waals surface area contributed by atoms with Gasteiger partial charge in [0.05, 0.1) is 12.6 Å². The molecule has 1 aromatic carbocycles. The van der Waals surface area contributed by atoms with Gasteiger partial charge in [0.1, 0.15) is 5.75 Å². The number of aryl methyl sites for hydroxylation is 1. The summed E-state index contributed by atoms with van der Waals surface area (Å²) in [5, 5.41) is 2.88. The number of hydrogen-bond donors (Lipinski definition) is 2. The van der Waals surface area contributed by atoms with E-state index < -0.39 is 6.04 Å². The highest BCUT2D eigenvalue weighted by molar-refractivity contribution is 5.85. The van der Waals surface area contributed by atoms with Crippen LogP contribution in [0.5, 0.6) is 5.75 Å². The van der Waals surface area contributed by atoms with Crippen LogP contribution in [-0.2, 0) is 11.3 Å². The molecule has 120 valence electrons. The van der Waals surface area contributed by atoms with Crippen molar-refractivity contribution in [3.8, 4) is 5.75 Å². The molecule has 4 nitrogen and oxygen atoms in total. The second-order valence-electron chi connectivity index (χ2n) is 5.50. The van der Waals surface area contributed by atoms with Crippen LogP contribution in [0.15, 0.2) is 18.2 Å². The molecule has 3 N–H and O–H groups in total. The van der Waals surface area contributed by atoms with Crippen LogP contribution in [0.2, 0.25) is 0 Å². The number of amides is 1. The number of carbonyl (C=O) groups is 1. The molecule has 0 saturated carbocycles. The van der Waals surface area contributed by atoms with Crippen molar-refractivity contribution < 1.29 is 9.53 Å². The maximum Gasteiger partial charge on any atom is 0.237 e. The fourth-order valence-corrected chi connectivity index (χ4v) is 2.03. The van der Waals surface area contributed by atoms with E-state index in [4.69, 9.17) is 10.5 Å². The third-order valence-corrected chi connectivity index (χ3v) is 3.04. The monoisotopic (exact) mass is 314 g/mol. The van der Waals surface area contributed by atoms with Gasteiger partial charge in [-0.2, -0.15) is 0 Å². The van der Waals surface area contributed by atoms with Gasteiger partial charge in [0.25, 0.3) is 0 Å². The number of carbonyl (C=O) groups excluding carboxylic acids is 1. The quantitative estimate of drug-likeness (QED) is 0.813. The summed E-state index contributed by atoms with van der Waals surface area (Å²) >= 11 is 0. The molecule has 0 aromatic heterocycles. The molecular formula is C16H27ClN2O2.